The van der Waals surface area contributed by atoms with E-state index < -0.39 is 0 Å². The van der Waals surface area contributed by atoms with E-state index in [-0.39, 0.29) is 30.9 Å². The van der Waals surface area contributed by atoms with E-state index in [2.05, 4.69) is 16.0 Å². The van der Waals surface area contributed by atoms with Gasteiger partial charge in [-0.3, -0.25) is 14.9 Å². The molecule has 104 valence electrons. The van der Waals surface area contributed by atoms with Crippen LogP contribution in [0.3, 0.4) is 0 Å². The number of carbonyl (C=O) groups excluding carboxylic acids is 2. The maximum atomic E-state index is 11.7. The van der Waals surface area contributed by atoms with Gasteiger partial charge in [-0.15, -0.1) is 0 Å². The Bertz CT molecular complexity index is 451. The van der Waals surface area contributed by atoms with Gasteiger partial charge >= 0.3 is 0 Å². The van der Waals surface area contributed by atoms with Crippen molar-refractivity contribution in [1.82, 2.24) is 16.0 Å². The number of halogens is 1. The summed E-state index contributed by atoms with van der Waals surface area (Å²) < 4.78 is 0. The molecule has 1 atom stereocenters. The van der Waals surface area contributed by atoms with Crippen molar-refractivity contribution in [2.75, 3.05) is 20.1 Å². The normalized spacial score (nSPS) is 11.7. The molecular formula is C13H18ClN3O2. The number of hydrogen-bond donors (Lipinski definition) is 3. The van der Waals surface area contributed by atoms with Crippen molar-refractivity contribution in [2.45, 2.75) is 13.0 Å². The van der Waals surface area contributed by atoms with E-state index in [1.54, 1.807) is 13.1 Å². The summed E-state index contributed by atoms with van der Waals surface area (Å²) in [6.07, 6.45) is 0. The van der Waals surface area contributed by atoms with Crippen LogP contribution in [0.1, 0.15) is 18.5 Å². The third-order valence-electron chi connectivity index (χ3n) is 2.60. The van der Waals surface area contributed by atoms with Crippen LogP contribution in [0, 0.1) is 0 Å². The van der Waals surface area contributed by atoms with E-state index in [0.717, 1.165) is 5.56 Å². The van der Waals surface area contributed by atoms with Crippen molar-refractivity contribution in [3.8, 4) is 0 Å². The van der Waals surface area contributed by atoms with E-state index in [1.807, 2.05) is 25.1 Å². The highest BCUT2D eigenvalue weighted by atomic mass is 35.5. The number of amides is 2. The Morgan fingerprint density at radius 1 is 1.21 bits per heavy atom. The lowest BCUT2D eigenvalue weighted by molar-refractivity contribution is -0.121. The van der Waals surface area contributed by atoms with Crippen molar-refractivity contribution < 1.29 is 9.59 Å². The Labute approximate surface area is 117 Å². The summed E-state index contributed by atoms with van der Waals surface area (Å²) in [4.78, 5) is 22.6. The van der Waals surface area contributed by atoms with E-state index in [9.17, 15) is 9.59 Å². The standard InChI is InChI=1S/C13H18ClN3O2/c1-9(10-5-3-4-6-11(10)14)17-13(19)8-16-7-12(18)15-2/h3-6,9,16H,7-8H2,1-2H3,(H,15,18)(H,17,19)/t9-/m0/s1. The molecule has 6 heteroatoms. The molecular weight excluding hydrogens is 266 g/mol. The van der Waals surface area contributed by atoms with Gasteiger partial charge in [-0.1, -0.05) is 29.8 Å². The van der Waals surface area contributed by atoms with Gasteiger partial charge in [0.05, 0.1) is 19.1 Å². The molecule has 0 heterocycles. The number of benzene rings is 1. The molecule has 3 N–H and O–H groups in total. The average Bonchev–Trinajstić information content (AvgIpc) is 2.38. The van der Waals surface area contributed by atoms with Crippen LogP contribution in [0.2, 0.25) is 5.02 Å². The number of nitrogens with one attached hydrogen (secondary N) is 3. The smallest absolute Gasteiger partial charge is 0.234 e. The van der Waals surface area contributed by atoms with Crippen LogP contribution in [0.5, 0.6) is 0 Å². The molecule has 5 nitrogen and oxygen atoms in total. The van der Waals surface area contributed by atoms with Gasteiger partial charge in [-0.2, -0.15) is 0 Å². The van der Waals surface area contributed by atoms with Crippen molar-refractivity contribution in [3.05, 3.63) is 34.9 Å². The maximum Gasteiger partial charge on any atom is 0.234 e. The molecule has 0 spiro atoms. The van der Waals surface area contributed by atoms with Gasteiger partial charge in [0.25, 0.3) is 0 Å². The molecule has 0 aliphatic rings. The predicted molar refractivity (Wildman–Crippen MR) is 74.9 cm³/mol. The first-order valence-corrected chi connectivity index (χ1v) is 6.37. The van der Waals surface area contributed by atoms with E-state index in [0.29, 0.717) is 5.02 Å². The molecule has 1 aromatic rings. The summed E-state index contributed by atoms with van der Waals surface area (Å²) in [5.74, 6) is -0.344. The molecule has 0 saturated heterocycles. The highest BCUT2D eigenvalue weighted by molar-refractivity contribution is 6.31. The molecule has 1 rings (SSSR count). The number of hydrogen-bond acceptors (Lipinski definition) is 3. The Balaban J connectivity index is 2.40. The first-order valence-electron chi connectivity index (χ1n) is 5.99. The molecule has 1 aromatic carbocycles. The molecule has 0 aromatic heterocycles. The zero-order chi connectivity index (χ0) is 14.3. The van der Waals surface area contributed by atoms with Crippen molar-refractivity contribution >= 4 is 23.4 Å². The van der Waals surface area contributed by atoms with Crippen LogP contribution >= 0.6 is 11.6 Å². The van der Waals surface area contributed by atoms with Crippen molar-refractivity contribution in [3.63, 3.8) is 0 Å². The summed E-state index contributed by atoms with van der Waals surface area (Å²) in [7, 11) is 1.55. The molecule has 0 saturated carbocycles. The molecule has 2 amide bonds. The van der Waals surface area contributed by atoms with Crippen LogP contribution < -0.4 is 16.0 Å². The first kappa shape index (κ1) is 15.5. The Hall–Kier alpha value is -1.59. The van der Waals surface area contributed by atoms with Gasteiger partial charge in [-0.25, -0.2) is 0 Å². The largest absolute Gasteiger partial charge is 0.358 e. The molecule has 0 aliphatic carbocycles. The fourth-order valence-corrected chi connectivity index (χ4v) is 1.87. The Morgan fingerprint density at radius 3 is 2.47 bits per heavy atom. The Kier molecular flexibility index (Phi) is 6.32. The first-order chi connectivity index (χ1) is 9.04. The van der Waals surface area contributed by atoms with Crippen LogP contribution in [0.15, 0.2) is 24.3 Å². The van der Waals surface area contributed by atoms with Crippen LogP contribution in [-0.4, -0.2) is 32.0 Å². The third-order valence-corrected chi connectivity index (χ3v) is 2.94. The van der Waals surface area contributed by atoms with Crippen molar-refractivity contribution in [1.29, 1.82) is 0 Å². The summed E-state index contributed by atoms with van der Waals surface area (Å²) in [6.45, 7) is 2.06. The summed E-state index contributed by atoms with van der Waals surface area (Å²) in [5, 5.41) is 8.64. The fraction of sp³-hybridized carbons (Fsp3) is 0.385. The van der Waals surface area contributed by atoms with Gasteiger partial charge in [0.2, 0.25) is 11.8 Å². The molecule has 0 radical (unpaired) electrons. The quantitative estimate of drug-likeness (QED) is 0.725. The SMILES string of the molecule is CNC(=O)CNCC(=O)N[C@@H](C)c1ccccc1Cl. The number of carbonyl (C=O) groups is 2. The monoisotopic (exact) mass is 283 g/mol. The summed E-state index contributed by atoms with van der Waals surface area (Å²) in [6, 6.07) is 7.18. The zero-order valence-corrected chi connectivity index (χ0v) is 11.8. The van der Waals surface area contributed by atoms with E-state index >= 15 is 0 Å². The minimum Gasteiger partial charge on any atom is -0.358 e. The highest BCUT2D eigenvalue weighted by Gasteiger charge is 2.11. The van der Waals surface area contributed by atoms with Gasteiger partial charge < -0.3 is 10.6 Å². The highest BCUT2D eigenvalue weighted by Crippen LogP contribution is 2.21. The lowest BCUT2D eigenvalue weighted by Gasteiger charge is -2.15. The van der Waals surface area contributed by atoms with Gasteiger partial charge in [0.1, 0.15) is 0 Å². The summed E-state index contributed by atoms with van der Waals surface area (Å²) >= 11 is 6.05. The van der Waals surface area contributed by atoms with Gasteiger partial charge in [0.15, 0.2) is 0 Å². The Morgan fingerprint density at radius 2 is 1.84 bits per heavy atom. The molecule has 0 aliphatic heterocycles. The topological polar surface area (TPSA) is 70.2 Å². The zero-order valence-electron chi connectivity index (χ0n) is 11.0. The minimum absolute atomic E-state index is 0.0855. The second-order valence-electron chi connectivity index (χ2n) is 4.09. The molecule has 0 fully saturated rings. The van der Waals surface area contributed by atoms with Gasteiger partial charge in [-0.05, 0) is 18.6 Å². The lowest BCUT2D eigenvalue weighted by atomic mass is 10.1. The third kappa shape index (κ3) is 5.28. The lowest BCUT2D eigenvalue weighted by Crippen LogP contribution is -2.39. The van der Waals surface area contributed by atoms with Gasteiger partial charge in [0, 0.05) is 12.1 Å². The predicted octanol–water partition coefficient (Wildman–Crippen LogP) is 0.853. The maximum absolute atomic E-state index is 11.7. The van der Waals surface area contributed by atoms with E-state index in [1.165, 1.54) is 0 Å². The minimum atomic E-state index is -0.184. The molecule has 0 bridgehead atoms. The van der Waals surface area contributed by atoms with Crippen LogP contribution in [0.4, 0.5) is 0 Å². The van der Waals surface area contributed by atoms with E-state index in [4.69, 9.17) is 11.6 Å². The van der Waals surface area contributed by atoms with Crippen molar-refractivity contribution in [2.24, 2.45) is 0 Å². The second kappa shape index (κ2) is 7.76. The second-order valence-corrected chi connectivity index (χ2v) is 4.49. The number of likely N-dealkylation sites (N-methyl/N-ethyl adjacent to an activating group) is 1. The molecule has 19 heavy (non-hydrogen) atoms. The number of rotatable bonds is 6. The fourth-order valence-electron chi connectivity index (χ4n) is 1.57. The average molecular weight is 284 g/mol. The van der Waals surface area contributed by atoms with Crippen LogP contribution in [0.25, 0.3) is 0 Å². The summed E-state index contributed by atoms with van der Waals surface area (Å²) in [5.41, 5.74) is 0.865. The van der Waals surface area contributed by atoms with Crippen LogP contribution in [-0.2, 0) is 9.59 Å². The molecule has 0 unspecified atom stereocenters.